The zero-order valence-electron chi connectivity index (χ0n) is 13.2. The molecule has 1 atom stereocenters. The van der Waals surface area contributed by atoms with Gasteiger partial charge >= 0.3 is 12.0 Å². The van der Waals surface area contributed by atoms with Gasteiger partial charge in [-0.1, -0.05) is 23.2 Å². The second kappa shape index (κ2) is 7.66. The lowest BCUT2D eigenvalue weighted by atomic mass is 10.1. The number of imide groups is 1. The molecule has 0 saturated carbocycles. The second-order valence-corrected chi connectivity index (χ2v) is 6.71. The maximum absolute atomic E-state index is 12.0. The molecule has 0 bridgehead atoms. The number of esters is 1. The number of carbonyl (C=O) groups is 3. The highest BCUT2D eigenvalue weighted by atomic mass is 35.5. The zero-order chi connectivity index (χ0) is 17.8. The van der Waals surface area contributed by atoms with Crippen molar-refractivity contribution < 1.29 is 19.1 Å². The van der Waals surface area contributed by atoms with Crippen LogP contribution in [0.5, 0.6) is 0 Å². The number of amides is 3. The molecule has 3 amide bonds. The third-order valence-corrected chi connectivity index (χ3v) is 3.08. The van der Waals surface area contributed by atoms with Crippen LogP contribution < -0.4 is 10.6 Å². The van der Waals surface area contributed by atoms with E-state index in [1.807, 2.05) is 0 Å². The molecule has 0 spiro atoms. The van der Waals surface area contributed by atoms with Crippen LogP contribution in [-0.2, 0) is 9.53 Å². The van der Waals surface area contributed by atoms with E-state index in [1.165, 1.54) is 25.1 Å². The minimum Gasteiger partial charge on any atom is -0.449 e. The fraction of sp³-hybridized carbons (Fsp3) is 0.400. The molecular weight excluding hydrogens is 343 g/mol. The van der Waals surface area contributed by atoms with Crippen LogP contribution in [-0.4, -0.2) is 29.6 Å². The fourth-order valence-corrected chi connectivity index (χ4v) is 2.00. The highest BCUT2D eigenvalue weighted by Gasteiger charge is 2.23. The average molecular weight is 361 g/mol. The Morgan fingerprint density at radius 1 is 1.17 bits per heavy atom. The molecule has 2 N–H and O–H groups in total. The van der Waals surface area contributed by atoms with Crippen molar-refractivity contribution in [3.05, 3.63) is 33.8 Å². The molecule has 1 aromatic rings. The predicted octanol–water partition coefficient (Wildman–Crippen LogP) is 3.16. The first kappa shape index (κ1) is 19.3. The zero-order valence-corrected chi connectivity index (χ0v) is 14.7. The van der Waals surface area contributed by atoms with E-state index in [0.29, 0.717) is 5.02 Å². The van der Waals surface area contributed by atoms with Crippen LogP contribution in [0.2, 0.25) is 10.0 Å². The third kappa shape index (κ3) is 6.46. The monoisotopic (exact) mass is 360 g/mol. The van der Waals surface area contributed by atoms with E-state index in [0.717, 1.165) is 0 Å². The molecule has 0 aliphatic heterocycles. The van der Waals surface area contributed by atoms with Crippen molar-refractivity contribution in [1.29, 1.82) is 0 Å². The van der Waals surface area contributed by atoms with Crippen LogP contribution in [0.25, 0.3) is 0 Å². The minimum atomic E-state index is -1.17. The Kier molecular flexibility index (Phi) is 6.41. The first-order valence-corrected chi connectivity index (χ1v) is 7.54. The normalized spacial score (nSPS) is 12.3. The molecule has 1 rings (SSSR count). The van der Waals surface area contributed by atoms with E-state index in [1.54, 1.807) is 20.8 Å². The van der Waals surface area contributed by atoms with Gasteiger partial charge in [-0.05, 0) is 45.9 Å². The molecule has 0 aliphatic carbocycles. The summed E-state index contributed by atoms with van der Waals surface area (Å²) in [7, 11) is 0. The second-order valence-electron chi connectivity index (χ2n) is 5.87. The highest BCUT2D eigenvalue weighted by Crippen LogP contribution is 2.22. The van der Waals surface area contributed by atoms with Crippen molar-refractivity contribution in [2.24, 2.45) is 0 Å². The standard InChI is InChI=1S/C15H18Cl2N2O4/c1-8(12(20)18-14(22)19-15(2,3)4)23-13(21)10-6-5-9(16)7-11(10)17/h5-8H,1-4H3,(H2,18,19,20,22)/t8-/m1/s1. The lowest BCUT2D eigenvalue weighted by Crippen LogP contribution is -2.50. The number of urea groups is 1. The van der Waals surface area contributed by atoms with Crippen molar-refractivity contribution in [1.82, 2.24) is 10.6 Å². The van der Waals surface area contributed by atoms with E-state index in [4.69, 9.17) is 27.9 Å². The van der Waals surface area contributed by atoms with Crippen molar-refractivity contribution in [3.8, 4) is 0 Å². The van der Waals surface area contributed by atoms with Crippen molar-refractivity contribution in [2.45, 2.75) is 39.3 Å². The van der Waals surface area contributed by atoms with Gasteiger partial charge in [0, 0.05) is 10.6 Å². The lowest BCUT2D eigenvalue weighted by Gasteiger charge is -2.21. The van der Waals surface area contributed by atoms with Gasteiger partial charge in [-0.25, -0.2) is 9.59 Å². The van der Waals surface area contributed by atoms with Crippen LogP contribution in [0.1, 0.15) is 38.1 Å². The number of rotatable bonds is 3. The predicted molar refractivity (Wildman–Crippen MR) is 87.8 cm³/mol. The van der Waals surface area contributed by atoms with E-state index in [-0.39, 0.29) is 10.6 Å². The molecule has 0 aliphatic rings. The largest absolute Gasteiger partial charge is 0.449 e. The molecule has 0 radical (unpaired) electrons. The van der Waals surface area contributed by atoms with Gasteiger partial charge in [0.2, 0.25) is 0 Å². The minimum absolute atomic E-state index is 0.0786. The summed E-state index contributed by atoms with van der Waals surface area (Å²) in [4.78, 5) is 35.4. The molecule has 0 saturated heterocycles. The molecule has 8 heteroatoms. The number of hydrogen-bond acceptors (Lipinski definition) is 4. The number of ether oxygens (including phenoxy) is 1. The number of halogens is 2. The van der Waals surface area contributed by atoms with Crippen LogP contribution >= 0.6 is 23.2 Å². The molecule has 6 nitrogen and oxygen atoms in total. The Bertz CT molecular complexity index is 626. The van der Waals surface area contributed by atoms with Gasteiger partial charge in [0.05, 0.1) is 10.6 Å². The van der Waals surface area contributed by atoms with Crippen LogP contribution in [0.15, 0.2) is 18.2 Å². The van der Waals surface area contributed by atoms with Gasteiger partial charge in [-0.15, -0.1) is 0 Å². The van der Waals surface area contributed by atoms with Gasteiger partial charge in [0.25, 0.3) is 5.91 Å². The molecule has 126 valence electrons. The molecule has 0 aromatic heterocycles. The molecule has 23 heavy (non-hydrogen) atoms. The quantitative estimate of drug-likeness (QED) is 0.810. The van der Waals surface area contributed by atoms with Crippen molar-refractivity contribution in [3.63, 3.8) is 0 Å². The molecular formula is C15H18Cl2N2O4. The van der Waals surface area contributed by atoms with Crippen molar-refractivity contribution >= 4 is 41.1 Å². The van der Waals surface area contributed by atoms with Gasteiger partial charge in [-0.2, -0.15) is 0 Å². The summed E-state index contributed by atoms with van der Waals surface area (Å²) in [5.74, 6) is -1.53. The Morgan fingerprint density at radius 2 is 1.78 bits per heavy atom. The topological polar surface area (TPSA) is 84.5 Å². The van der Waals surface area contributed by atoms with E-state index >= 15 is 0 Å². The maximum atomic E-state index is 12.0. The summed E-state index contributed by atoms with van der Waals surface area (Å²) in [6, 6.07) is 3.59. The number of hydrogen-bond donors (Lipinski definition) is 2. The average Bonchev–Trinajstić information content (AvgIpc) is 2.35. The lowest BCUT2D eigenvalue weighted by molar-refractivity contribution is -0.127. The van der Waals surface area contributed by atoms with E-state index < -0.39 is 29.6 Å². The summed E-state index contributed by atoms with van der Waals surface area (Å²) < 4.78 is 4.99. The summed E-state index contributed by atoms with van der Waals surface area (Å²) >= 11 is 11.6. The first-order chi connectivity index (χ1) is 10.5. The van der Waals surface area contributed by atoms with E-state index in [2.05, 4.69) is 10.6 Å². The smallest absolute Gasteiger partial charge is 0.340 e. The number of benzene rings is 1. The van der Waals surface area contributed by atoms with Crippen LogP contribution in [0.4, 0.5) is 4.79 Å². The fourth-order valence-electron chi connectivity index (χ4n) is 1.52. The summed E-state index contributed by atoms with van der Waals surface area (Å²) in [6.45, 7) is 6.65. The molecule has 1 aromatic carbocycles. The first-order valence-electron chi connectivity index (χ1n) is 6.78. The van der Waals surface area contributed by atoms with Gasteiger partial charge in [0.15, 0.2) is 6.10 Å². The molecule has 0 unspecified atom stereocenters. The van der Waals surface area contributed by atoms with Crippen LogP contribution in [0.3, 0.4) is 0 Å². The number of carbonyl (C=O) groups excluding carboxylic acids is 3. The Balaban J connectivity index is 2.64. The van der Waals surface area contributed by atoms with Gasteiger partial charge < -0.3 is 10.1 Å². The van der Waals surface area contributed by atoms with E-state index in [9.17, 15) is 14.4 Å². The van der Waals surface area contributed by atoms with Crippen LogP contribution in [0, 0.1) is 0 Å². The molecule has 0 heterocycles. The highest BCUT2D eigenvalue weighted by molar-refractivity contribution is 6.36. The molecule has 0 fully saturated rings. The summed E-state index contributed by atoms with van der Waals surface area (Å²) in [5, 5.41) is 5.14. The Morgan fingerprint density at radius 3 is 2.30 bits per heavy atom. The van der Waals surface area contributed by atoms with Gasteiger partial charge in [-0.3, -0.25) is 10.1 Å². The Labute approximate surface area is 144 Å². The third-order valence-electron chi connectivity index (χ3n) is 2.53. The maximum Gasteiger partial charge on any atom is 0.340 e. The van der Waals surface area contributed by atoms with Gasteiger partial charge in [0.1, 0.15) is 0 Å². The SMILES string of the molecule is C[C@@H](OC(=O)c1ccc(Cl)cc1Cl)C(=O)NC(=O)NC(C)(C)C. The summed E-state index contributed by atoms with van der Waals surface area (Å²) in [5.41, 5.74) is -0.420. The Hall–Kier alpha value is -1.79. The van der Waals surface area contributed by atoms with Crippen molar-refractivity contribution in [2.75, 3.05) is 0 Å². The summed E-state index contributed by atoms with van der Waals surface area (Å²) in [6.07, 6.45) is -1.17. The number of nitrogens with one attached hydrogen (secondary N) is 2.